The molecule has 0 spiro atoms. The number of aromatic nitrogens is 2. The van der Waals surface area contributed by atoms with E-state index in [2.05, 4.69) is 15.3 Å². The van der Waals surface area contributed by atoms with Gasteiger partial charge in [0.25, 0.3) is 5.56 Å². The SMILES string of the molecule is CCc1c(O)nc(S[C@@H](C)C(=O)Nc2ccc(Cl)cc2)[nH]c1=O. The minimum Gasteiger partial charge on any atom is -0.493 e. The fourth-order valence-electron chi connectivity index (χ4n) is 1.84. The summed E-state index contributed by atoms with van der Waals surface area (Å²) in [6.07, 6.45) is 0.381. The number of carbonyl (C=O) groups is 1. The Hall–Kier alpha value is -1.99. The first-order chi connectivity index (χ1) is 10.9. The Morgan fingerprint density at radius 1 is 1.43 bits per heavy atom. The van der Waals surface area contributed by atoms with Gasteiger partial charge in [-0.05, 0) is 37.6 Å². The number of amides is 1. The first kappa shape index (κ1) is 17.4. The lowest BCUT2D eigenvalue weighted by Gasteiger charge is -2.12. The van der Waals surface area contributed by atoms with Gasteiger partial charge in [0, 0.05) is 10.7 Å². The maximum absolute atomic E-state index is 12.1. The zero-order valence-electron chi connectivity index (χ0n) is 12.6. The Bertz CT molecular complexity index is 762. The van der Waals surface area contributed by atoms with Crippen LogP contribution in [0.5, 0.6) is 5.88 Å². The highest BCUT2D eigenvalue weighted by Gasteiger charge is 2.17. The second-order valence-corrected chi connectivity index (χ2v) is 6.55. The molecule has 122 valence electrons. The van der Waals surface area contributed by atoms with Crippen LogP contribution in [0.1, 0.15) is 19.4 Å². The first-order valence-electron chi connectivity index (χ1n) is 6.96. The second-order valence-electron chi connectivity index (χ2n) is 4.78. The van der Waals surface area contributed by atoms with Crippen LogP contribution in [0, 0.1) is 0 Å². The Labute approximate surface area is 142 Å². The molecule has 2 rings (SSSR count). The van der Waals surface area contributed by atoms with Gasteiger partial charge in [-0.3, -0.25) is 9.59 Å². The Balaban J connectivity index is 2.06. The summed E-state index contributed by atoms with van der Waals surface area (Å²) in [4.78, 5) is 30.4. The molecule has 23 heavy (non-hydrogen) atoms. The van der Waals surface area contributed by atoms with E-state index >= 15 is 0 Å². The standard InChI is InChI=1S/C15H16ClN3O3S/c1-3-11-13(21)18-15(19-14(11)22)23-8(2)12(20)17-10-6-4-9(16)5-7-10/h4-8H,3H2,1-2H3,(H,17,20)(H2,18,19,21,22)/t8-/m0/s1. The number of thioether (sulfide) groups is 1. The minimum absolute atomic E-state index is 0.198. The van der Waals surface area contributed by atoms with E-state index < -0.39 is 10.8 Å². The van der Waals surface area contributed by atoms with Crippen molar-refractivity contribution in [1.82, 2.24) is 9.97 Å². The lowest BCUT2D eigenvalue weighted by Crippen LogP contribution is -2.23. The Morgan fingerprint density at radius 2 is 2.09 bits per heavy atom. The number of H-pyrrole nitrogens is 1. The van der Waals surface area contributed by atoms with E-state index in [0.29, 0.717) is 17.1 Å². The van der Waals surface area contributed by atoms with Crippen LogP contribution < -0.4 is 10.9 Å². The molecule has 0 saturated heterocycles. The van der Waals surface area contributed by atoms with Crippen molar-refractivity contribution in [1.29, 1.82) is 0 Å². The molecule has 0 aliphatic carbocycles. The van der Waals surface area contributed by atoms with Crippen molar-refractivity contribution in [2.24, 2.45) is 0 Å². The molecule has 1 aromatic heterocycles. The van der Waals surface area contributed by atoms with Crippen LogP contribution in [0.25, 0.3) is 0 Å². The quantitative estimate of drug-likeness (QED) is 0.567. The number of rotatable bonds is 5. The van der Waals surface area contributed by atoms with Gasteiger partial charge < -0.3 is 15.4 Å². The Morgan fingerprint density at radius 3 is 2.65 bits per heavy atom. The molecular weight excluding hydrogens is 338 g/mol. The zero-order valence-corrected chi connectivity index (χ0v) is 14.2. The molecule has 0 bridgehead atoms. The molecule has 1 aromatic carbocycles. The van der Waals surface area contributed by atoms with Crippen molar-refractivity contribution in [3.05, 3.63) is 45.2 Å². The van der Waals surface area contributed by atoms with Gasteiger partial charge in [-0.2, -0.15) is 4.98 Å². The molecule has 3 N–H and O–H groups in total. The van der Waals surface area contributed by atoms with E-state index in [4.69, 9.17) is 11.6 Å². The molecule has 8 heteroatoms. The lowest BCUT2D eigenvalue weighted by molar-refractivity contribution is -0.115. The van der Waals surface area contributed by atoms with Crippen LogP contribution >= 0.6 is 23.4 Å². The maximum atomic E-state index is 12.1. The zero-order chi connectivity index (χ0) is 17.0. The Kier molecular flexibility index (Phi) is 5.68. The third-order valence-electron chi connectivity index (χ3n) is 3.09. The third-order valence-corrected chi connectivity index (χ3v) is 4.33. The molecule has 6 nitrogen and oxygen atoms in total. The molecule has 1 atom stereocenters. The number of aromatic hydroxyl groups is 1. The summed E-state index contributed by atoms with van der Waals surface area (Å²) in [6.45, 7) is 3.43. The first-order valence-corrected chi connectivity index (χ1v) is 8.21. The van der Waals surface area contributed by atoms with Crippen molar-refractivity contribution in [2.75, 3.05) is 5.32 Å². The van der Waals surface area contributed by atoms with Crippen molar-refractivity contribution in [3.8, 4) is 5.88 Å². The second kappa shape index (κ2) is 7.52. The largest absolute Gasteiger partial charge is 0.493 e. The summed E-state index contributed by atoms with van der Waals surface area (Å²) in [5.74, 6) is -0.553. The summed E-state index contributed by atoms with van der Waals surface area (Å²) in [5, 5.41) is 12.7. The molecule has 0 unspecified atom stereocenters. The van der Waals surface area contributed by atoms with Crippen molar-refractivity contribution in [2.45, 2.75) is 30.7 Å². The van der Waals surface area contributed by atoms with E-state index in [0.717, 1.165) is 11.8 Å². The van der Waals surface area contributed by atoms with Crippen molar-refractivity contribution in [3.63, 3.8) is 0 Å². The number of aromatic amines is 1. The molecule has 0 radical (unpaired) electrons. The number of benzene rings is 1. The van der Waals surface area contributed by atoms with Crippen LogP contribution in [0.3, 0.4) is 0 Å². The maximum Gasteiger partial charge on any atom is 0.258 e. The topological polar surface area (TPSA) is 95.1 Å². The van der Waals surface area contributed by atoms with Gasteiger partial charge in [-0.15, -0.1) is 0 Å². The van der Waals surface area contributed by atoms with Crippen LogP contribution in [-0.2, 0) is 11.2 Å². The average Bonchev–Trinajstić information content (AvgIpc) is 2.49. The minimum atomic E-state index is -0.513. The number of nitrogens with one attached hydrogen (secondary N) is 2. The number of nitrogens with zero attached hydrogens (tertiary/aromatic N) is 1. The monoisotopic (exact) mass is 353 g/mol. The van der Waals surface area contributed by atoms with Gasteiger partial charge in [-0.1, -0.05) is 30.3 Å². The fraction of sp³-hybridized carbons (Fsp3) is 0.267. The number of halogens is 1. The number of anilines is 1. The van der Waals surface area contributed by atoms with Crippen molar-refractivity contribution < 1.29 is 9.90 Å². The lowest BCUT2D eigenvalue weighted by atomic mass is 10.2. The highest BCUT2D eigenvalue weighted by molar-refractivity contribution is 8.00. The van der Waals surface area contributed by atoms with Gasteiger partial charge in [0.05, 0.1) is 10.8 Å². The summed E-state index contributed by atoms with van der Waals surface area (Å²) >= 11 is 6.85. The van der Waals surface area contributed by atoms with E-state index in [-0.39, 0.29) is 22.5 Å². The van der Waals surface area contributed by atoms with Crippen LogP contribution in [0.2, 0.25) is 5.02 Å². The van der Waals surface area contributed by atoms with Crippen molar-refractivity contribution >= 4 is 35.0 Å². The van der Waals surface area contributed by atoms with Gasteiger partial charge in [0.2, 0.25) is 11.8 Å². The molecule has 1 heterocycles. The van der Waals surface area contributed by atoms with Gasteiger partial charge in [0.1, 0.15) is 0 Å². The normalized spacial score (nSPS) is 12.0. The summed E-state index contributed by atoms with van der Waals surface area (Å²) < 4.78 is 0. The summed E-state index contributed by atoms with van der Waals surface area (Å²) in [6, 6.07) is 6.74. The fourth-order valence-corrected chi connectivity index (χ4v) is 2.76. The summed E-state index contributed by atoms with van der Waals surface area (Å²) in [5.41, 5.74) is 0.456. The molecule has 2 aromatic rings. The third kappa shape index (κ3) is 4.49. The highest BCUT2D eigenvalue weighted by atomic mass is 35.5. The van der Waals surface area contributed by atoms with Crippen LogP contribution in [0.4, 0.5) is 5.69 Å². The van der Waals surface area contributed by atoms with Crippen LogP contribution in [-0.4, -0.2) is 26.2 Å². The molecule has 0 aliphatic heterocycles. The highest BCUT2D eigenvalue weighted by Crippen LogP contribution is 2.23. The van der Waals surface area contributed by atoms with Gasteiger partial charge in [0.15, 0.2) is 5.16 Å². The van der Waals surface area contributed by atoms with Gasteiger partial charge in [-0.25, -0.2) is 0 Å². The molecule has 0 aliphatic rings. The average molecular weight is 354 g/mol. The van der Waals surface area contributed by atoms with E-state index in [9.17, 15) is 14.7 Å². The number of carbonyl (C=O) groups excluding carboxylic acids is 1. The number of hydrogen-bond donors (Lipinski definition) is 3. The predicted octanol–water partition coefficient (Wildman–Crippen LogP) is 2.81. The van der Waals surface area contributed by atoms with E-state index in [1.165, 1.54) is 0 Å². The number of hydrogen-bond acceptors (Lipinski definition) is 5. The van der Waals surface area contributed by atoms with Crippen LogP contribution in [0.15, 0.2) is 34.2 Å². The van der Waals surface area contributed by atoms with E-state index in [1.807, 2.05) is 0 Å². The molecule has 1 amide bonds. The summed E-state index contributed by atoms with van der Waals surface area (Å²) in [7, 11) is 0. The molecule has 0 saturated carbocycles. The molecule has 0 fully saturated rings. The van der Waals surface area contributed by atoms with Gasteiger partial charge >= 0.3 is 0 Å². The molecular formula is C15H16ClN3O3S. The smallest absolute Gasteiger partial charge is 0.258 e. The predicted molar refractivity (Wildman–Crippen MR) is 91.3 cm³/mol. The van der Waals surface area contributed by atoms with E-state index in [1.54, 1.807) is 38.1 Å².